The van der Waals surface area contributed by atoms with Gasteiger partial charge in [0.2, 0.25) is 0 Å². The Morgan fingerprint density at radius 1 is 1.27 bits per heavy atom. The minimum Gasteiger partial charge on any atom is -0.463 e. The van der Waals surface area contributed by atoms with E-state index in [9.17, 15) is 4.79 Å². The maximum absolute atomic E-state index is 11.1. The normalized spacial score (nSPS) is 12.5. The summed E-state index contributed by atoms with van der Waals surface area (Å²) in [5.41, 5.74) is 0. The quantitative estimate of drug-likeness (QED) is 0.344. The summed E-state index contributed by atoms with van der Waals surface area (Å²) in [4.78, 5) is 11.1. The smallest absolute Gasteiger partial charge is 0.305 e. The van der Waals surface area contributed by atoms with Crippen LogP contribution in [0.5, 0.6) is 0 Å². The molecule has 0 heterocycles. The molecule has 0 unspecified atom stereocenters. The number of aliphatic hydroxyl groups excluding tert-OH is 2. The molecule has 0 saturated carbocycles. The van der Waals surface area contributed by atoms with Gasteiger partial charge in [-0.05, 0) is 6.42 Å². The van der Waals surface area contributed by atoms with Gasteiger partial charge >= 0.3 is 5.97 Å². The summed E-state index contributed by atoms with van der Waals surface area (Å²) >= 11 is 0. The fourth-order valence-corrected chi connectivity index (χ4v) is 1.11. The lowest BCUT2D eigenvalue weighted by Gasteiger charge is -2.08. The molecule has 1 atom stereocenters. The second kappa shape index (κ2) is 9.93. The van der Waals surface area contributed by atoms with Gasteiger partial charge in [-0.15, -0.1) is 0 Å². The third-order valence-electron chi connectivity index (χ3n) is 2.03. The average molecular weight is 217 g/mol. The van der Waals surface area contributed by atoms with Crippen LogP contribution in [-0.2, 0) is 9.53 Å². The SMILES string of the molecule is [CH2-]CCCCCCC(=O)OC[C@H](O)CO. The first kappa shape index (κ1) is 14.4. The summed E-state index contributed by atoms with van der Waals surface area (Å²) in [7, 11) is 0. The number of unbranched alkanes of at least 4 members (excludes halogenated alkanes) is 4. The maximum Gasteiger partial charge on any atom is 0.305 e. The summed E-state index contributed by atoms with van der Waals surface area (Å²) in [5.74, 6) is -0.308. The van der Waals surface area contributed by atoms with Crippen LogP contribution in [0.1, 0.15) is 38.5 Å². The van der Waals surface area contributed by atoms with Crippen molar-refractivity contribution >= 4 is 5.97 Å². The van der Waals surface area contributed by atoms with Crippen molar-refractivity contribution in [3.8, 4) is 0 Å². The second-order valence-electron chi connectivity index (χ2n) is 3.54. The number of hydrogen-bond acceptors (Lipinski definition) is 4. The Hall–Kier alpha value is -0.610. The minimum absolute atomic E-state index is 0.117. The van der Waals surface area contributed by atoms with Crippen molar-refractivity contribution in [1.29, 1.82) is 0 Å². The van der Waals surface area contributed by atoms with Crippen LogP contribution in [0.2, 0.25) is 0 Å². The predicted molar refractivity (Wildman–Crippen MR) is 57.1 cm³/mol. The van der Waals surface area contributed by atoms with Gasteiger partial charge in [0.1, 0.15) is 12.7 Å². The summed E-state index contributed by atoms with van der Waals surface area (Å²) in [6.45, 7) is 3.24. The standard InChI is InChI=1S/C11H21O4/c1-2-3-4-5-6-7-11(14)15-9-10(13)8-12/h10,12-13H,1-9H2/q-1/t10-/m1/s1. The highest BCUT2D eigenvalue weighted by molar-refractivity contribution is 5.69. The van der Waals surface area contributed by atoms with Gasteiger partial charge in [0.15, 0.2) is 0 Å². The van der Waals surface area contributed by atoms with Crippen molar-refractivity contribution in [1.82, 2.24) is 0 Å². The first-order valence-electron chi connectivity index (χ1n) is 5.44. The zero-order valence-electron chi connectivity index (χ0n) is 9.15. The Labute approximate surface area is 91.3 Å². The Kier molecular flexibility index (Phi) is 9.52. The summed E-state index contributed by atoms with van der Waals surface area (Å²) in [6.07, 6.45) is 4.37. The van der Waals surface area contributed by atoms with Crippen molar-refractivity contribution < 1.29 is 19.7 Å². The molecule has 0 rings (SSSR count). The number of ether oxygens (including phenoxy) is 1. The van der Waals surface area contributed by atoms with Crippen molar-refractivity contribution in [2.24, 2.45) is 0 Å². The van der Waals surface area contributed by atoms with E-state index in [1.165, 1.54) is 0 Å². The van der Waals surface area contributed by atoms with E-state index in [0.29, 0.717) is 6.42 Å². The fraction of sp³-hybridized carbons (Fsp3) is 0.818. The highest BCUT2D eigenvalue weighted by Gasteiger charge is 2.06. The van der Waals surface area contributed by atoms with Crippen molar-refractivity contribution in [3.05, 3.63) is 6.92 Å². The molecule has 0 saturated heterocycles. The Morgan fingerprint density at radius 3 is 2.53 bits per heavy atom. The number of hydrogen-bond donors (Lipinski definition) is 2. The molecule has 4 heteroatoms. The van der Waals surface area contributed by atoms with Crippen LogP contribution in [0.3, 0.4) is 0 Å². The molecule has 0 fully saturated rings. The molecule has 0 radical (unpaired) electrons. The molecule has 0 amide bonds. The Bertz CT molecular complexity index is 159. The maximum atomic E-state index is 11.1. The van der Waals surface area contributed by atoms with Gasteiger partial charge in [-0.2, -0.15) is 6.42 Å². The fourth-order valence-electron chi connectivity index (χ4n) is 1.11. The summed E-state index contributed by atoms with van der Waals surface area (Å²) in [5, 5.41) is 17.4. The number of carbonyl (C=O) groups excluding carboxylic acids is 1. The summed E-state index contributed by atoms with van der Waals surface area (Å²) in [6, 6.07) is 0. The molecule has 0 aliphatic heterocycles. The number of carbonyl (C=O) groups is 1. The lowest BCUT2D eigenvalue weighted by Crippen LogP contribution is -2.21. The third-order valence-corrected chi connectivity index (χ3v) is 2.03. The topological polar surface area (TPSA) is 66.8 Å². The first-order chi connectivity index (χ1) is 7.20. The van der Waals surface area contributed by atoms with Crippen molar-refractivity contribution in [3.63, 3.8) is 0 Å². The highest BCUT2D eigenvalue weighted by atomic mass is 16.5. The number of rotatable bonds is 9. The molecule has 0 aliphatic carbocycles. The molecule has 90 valence electrons. The van der Waals surface area contributed by atoms with Gasteiger partial charge in [0.25, 0.3) is 0 Å². The average Bonchev–Trinajstić information content (AvgIpc) is 2.25. The molecular weight excluding hydrogens is 196 g/mol. The van der Waals surface area contributed by atoms with Crippen LogP contribution in [0.15, 0.2) is 0 Å². The van der Waals surface area contributed by atoms with E-state index in [1.54, 1.807) is 0 Å². The molecule has 0 spiro atoms. The van der Waals surface area contributed by atoms with E-state index in [1.807, 2.05) is 0 Å². The lowest BCUT2D eigenvalue weighted by atomic mass is 10.1. The molecule has 0 aromatic carbocycles. The largest absolute Gasteiger partial charge is 0.463 e. The summed E-state index contributed by atoms with van der Waals surface area (Å²) < 4.78 is 4.74. The molecule has 4 nitrogen and oxygen atoms in total. The van der Waals surface area contributed by atoms with Crippen LogP contribution < -0.4 is 0 Å². The van der Waals surface area contributed by atoms with E-state index in [2.05, 4.69) is 6.92 Å². The lowest BCUT2D eigenvalue weighted by molar-refractivity contribution is -0.147. The Morgan fingerprint density at radius 2 is 1.93 bits per heavy atom. The van der Waals surface area contributed by atoms with Crippen molar-refractivity contribution in [2.75, 3.05) is 13.2 Å². The van der Waals surface area contributed by atoms with Crippen LogP contribution in [0.25, 0.3) is 0 Å². The first-order valence-corrected chi connectivity index (χ1v) is 5.44. The van der Waals surface area contributed by atoms with Crippen molar-refractivity contribution in [2.45, 2.75) is 44.6 Å². The number of aliphatic hydroxyl groups is 2. The molecule has 2 N–H and O–H groups in total. The van der Waals surface area contributed by atoms with E-state index < -0.39 is 6.10 Å². The van der Waals surface area contributed by atoms with Gasteiger partial charge in [-0.1, -0.05) is 19.3 Å². The molecule has 0 aromatic heterocycles. The van der Waals surface area contributed by atoms with E-state index in [0.717, 1.165) is 32.1 Å². The molecule has 0 aromatic rings. The minimum atomic E-state index is -0.958. The van der Waals surface area contributed by atoms with Gasteiger partial charge in [0.05, 0.1) is 6.61 Å². The third kappa shape index (κ3) is 9.69. The number of esters is 1. The van der Waals surface area contributed by atoms with Gasteiger partial charge in [0, 0.05) is 6.42 Å². The second-order valence-corrected chi connectivity index (χ2v) is 3.54. The Balaban J connectivity index is 3.26. The predicted octanol–water partition coefficient (Wildman–Crippen LogP) is 1.06. The van der Waals surface area contributed by atoms with Crippen LogP contribution in [0.4, 0.5) is 0 Å². The van der Waals surface area contributed by atoms with Crippen LogP contribution in [0, 0.1) is 6.92 Å². The molecular formula is C11H21O4-. The monoisotopic (exact) mass is 217 g/mol. The van der Waals surface area contributed by atoms with Gasteiger partial charge in [-0.3, -0.25) is 4.79 Å². The van der Waals surface area contributed by atoms with Gasteiger partial charge in [-0.25, -0.2) is 0 Å². The highest BCUT2D eigenvalue weighted by Crippen LogP contribution is 2.05. The van der Waals surface area contributed by atoms with Gasteiger partial charge < -0.3 is 21.9 Å². The van der Waals surface area contributed by atoms with E-state index in [4.69, 9.17) is 14.9 Å². The van der Waals surface area contributed by atoms with E-state index in [-0.39, 0.29) is 19.2 Å². The zero-order chi connectivity index (χ0) is 11.5. The molecule has 0 aliphatic rings. The van der Waals surface area contributed by atoms with E-state index >= 15 is 0 Å². The van der Waals surface area contributed by atoms with Crippen LogP contribution in [-0.4, -0.2) is 35.5 Å². The molecule has 0 bridgehead atoms. The van der Waals surface area contributed by atoms with Crippen LogP contribution >= 0.6 is 0 Å². The zero-order valence-corrected chi connectivity index (χ0v) is 9.15. The molecule has 15 heavy (non-hydrogen) atoms.